The minimum atomic E-state index is -0.117. The molecule has 1 amide bonds. The minimum absolute atomic E-state index is 0.117. The first-order valence-electron chi connectivity index (χ1n) is 8.84. The number of nitrogens with one attached hydrogen (secondary N) is 2. The van der Waals surface area contributed by atoms with Gasteiger partial charge in [-0.15, -0.1) is 0 Å². The Bertz CT molecular complexity index is 809. The molecule has 7 heteroatoms. The number of carbonyl (C=O) groups is 1. The van der Waals surface area contributed by atoms with Crippen molar-refractivity contribution in [3.8, 4) is 11.5 Å². The van der Waals surface area contributed by atoms with Gasteiger partial charge in [-0.25, -0.2) is 0 Å². The van der Waals surface area contributed by atoms with Crippen molar-refractivity contribution in [3.05, 3.63) is 52.0 Å². The van der Waals surface area contributed by atoms with E-state index in [4.69, 9.17) is 32.7 Å². The maximum absolute atomic E-state index is 12.6. The number of rotatable bonds is 6. The third-order valence-corrected chi connectivity index (χ3v) is 5.54. The number of benzene rings is 2. The molecule has 0 spiro atoms. The summed E-state index contributed by atoms with van der Waals surface area (Å²) >= 11 is 12.3. The Morgan fingerprint density at radius 1 is 1.19 bits per heavy atom. The Kier molecular flexibility index (Phi) is 6.47. The summed E-state index contributed by atoms with van der Waals surface area (Å²) in [7, 11) is 3.30. The lowest BCUT2D eigenvalue weighted by Crippen LogP contribution is -3.11. The Hall–Kier alpha value is -1.95. The normalized spacial score (nSPS) is 19.0. The van der Waals surface area contributed by atoms with Gasteiger partial charge in [0.05, 0.1) is 42.1 Å². The molecule has 5 nitrogen and oxygen atoms in total. The van der Waals surface area contributed by atoms with E-state index in [0.717, 1.165) is 36.4 Å². The van der Waals surface area contributed by atoms with Gasteiger partial charge in [-0.05, 0) is 30.3 Å². The predicted octanol–water partition coefficient (Wildman–Crippen LogP) is 3.37. The fraction of sp³-hybridized carbons (Fsp3) is 0.350. The molecule has 1 aliphatic rings. The highest BCUT2D eigenvalue weighted by atomic mass is 35.5. The second kappa shape index (κ2) is 8.83. The number of anilines is 1. The lowest BCUT2D eigenvalue weighted by atomic mass is 10.0. The zero-order valence-corrected chi connectivity index (χ0v) is 16.9. The van der Waals surface area contributed by atoms with Crippen LogP contribution in [0.3, 0.4) is 0 Å². The molecule has 3 rings (SSSR count). The van der Waals surface area contributed by atoms with Crippen LogP contribution in [-0.4, -0.2) is 33.2 Å². The Morgan fingerprint density at radius 2 is 1.93 bits per heavy atom. The maximum atomic E-state index is 12.6. The first kappa shape index (κ1) is 19.8. The molecule has 1 fully saturated rings. The average molecular weight is 410 g/mol. The topological polar surface area (TPSA) is 52.0 Å². The Labute approximate surface area is 169 Å². The highest BCUT2D eigenvalue weighted by Crippen LogP contribution is 2.32. The molecule has 2 atom stereocenters. The largest absolute Gasteiger partial charge is 0.497 e. The van der Waals surface area contributed by atoms with Crippen LogP contribution in [-0.2, 0) is 4.79 Å². The lowest BCUT2D eigenvalue weighted by Gasteiger charge is -2.23. The summed E-state index contributed by atoms with van der Waals surface area (Å²) in [6.45, 7) is 1.24. The molecule has 1 aliphatic heterocycles. The molecule has 2 aromatic rings. The Balaban J connectivity index is 1.76. The highest BCUT2D eigenvalue weighted by molar-refractivity contribution is 6.39. The van der Waals surface area contributed by atoms with E-state index in [1.165, 1.54) is 4.90 Å². The molecule has 0 bridgehead atoms. The van der Waals surface area contributed by atoms with Crippen molar-refractivity contribution in [1.29, 1.82) is 0 Å². The van der Waals surface area contributed by atoms with E-state index < -0.39 is 0 Å². The summed E-state index contributed by atoms with van der Waals surface area (Å²) in [6.07, 6.45) is 2.03. The first-order valence-corrected chi connectivity index (χ1v) is 9.59. The molecular weight excluding hydrogens is 387 g/mol. The number of methoxy groups -OCH3 is 2. The molecule has 0 radical (unpaired) electrons. The molecule has 27 heavy (non-hydrogen) atoms. The van der Waals surface area contributed by atoms with Gasteiger partial charge in [0.2, 0.25) is 0 Å². The van der Waals surface area contributed by atoms with E-state index in [0.29, 0.717) is 22.3 Å². The Morgan fingerprint density at radius 3 is 2.59 bits per heavy atom. The van der Waals surface area contributed by atoms with Crippen LogP contribution in [0.15, 0.2) is 36.4 Å². The zero-order chi connectivity index (χ0) is 19.4. The predicted molar refractivity (Wildman–Crippen MR) is 107 cm³/mol. The van der Waals surface area contributed by atoms with Crippen LogP contribution in [0.1, 0.15) is 24.4 Å². The van der Waals surface area contributed by atoms with Gasteiger partial charge in [-0.1, -0.05) is 29.3 Å². The van der Waals surface area contributed by atoms with Gasteiger partial charge in [0.1, 0.15) is 17.5 Å². The van der Waals surface area contributed by atoms with E-state index in [-0.39, 0.29) is 11.9 Å². The highest BCUT2D eigenvalue weighted by Gasteiger charge is 2.34. The quantitative estimate of drug-likeness (QED) is 0.768. The summed E-state index contributed by atoms with van der Waals surface area (Å²) in [6, 6.07) is 11.1. The number of halogens is 2. The molecule has 144 valence electrons. The molecule has 1 heterocycles. The maximum Gasteiger partial charge on any atom is 0.279 e. The van der Waals surface area contributed by atoms with Crippen LogP contribution < -0.4 is 19.7 Å². The third kappa shape index (κ3) is 4.49. The molecule has 1 unspecified atom stereocenters. The first-order chi connectivity index (χ1) is 13.0. The fourth-order valence-electron chi connectivity index (χ4n) is 3.62. The number of ether oxygens (including phenoxy) is 2. The van der Waals surface area contributed by atoms with Crippen LogP contribution in [0.2, 0.25) is 10.0 Å². The average Bonchev–Trinajstić information content (AvgIpc) is 3.12. The number of para-hydroxylation sites is 1. The van der Waals surface area contributed by atoms with Crippen molar-refractivity contribution in [3.63, 3.8) is 0 Å². The van der Waals surface area contributed by atoms with Crippen LogP contribution in [0.4, 0.5) is 5.69 Å². The smallest absolute Gasteiger partial charge is 0.279 e. The number of hydrogen-bond acceptors (Lipinski definition) is 3. The molecule has 2 N–H and O–H groups in total. The zero-order valence-electron chi connectivity index (χ0n) is 15.4. The standard InChI is InChI=1S/C20H22Cl2N2O3/c1-26-13-8-9-18(27-2)14(11-13)17-7-4-10-24(17)12-19(25)23-20-15(21)5-3-6-16(20)22/h3,5-6,8-9,11,17H,4,7,10,12H2,1-2H3,(H,23,25)/p+1/t17-/m0/s1. The van der Waals surface area contributed by atoms with E-state index in [2.05, 4.69) is 5.32 Å². The molecule has 0 aromatic heterocycles. The summed E-state index contributed by atoms with van der Waals surface area (Å²) < 4.78 is 10.9. The number of likely N-dealkylation sites (tertiary alicyclic amines) is 1. The van der Waals surface area contributed by atoms with Crippen LogP contribution in [0.25, 0.3) is 0 Å². The second-order valence-electron chi connectivity index (χ2n) is 6.53. The van der Waals surface area contributed by atoms with E-state index >= 15 is 0 Å². The number of amides is 1. The van der Waals surface area contributed by atoms with Crippen molar-refractivity contribution in [2.75, 3.05) is 32.6 Å². The van der Waals surface area contributed by atoms with E-state index in [1.54, 1.807) is 32.4 Å². The van der Waals surface area contributed by atoms with Gasteiger partial charge in [0, 0.05) is 12.8 Å². The van der Waals surface area contributed by atoms with Crippen LogP contribution in [0.5, 0.6) is 11.5 Å². The van der Waals surface area contributed by atoms with Crippen molar-refractivity contribution in [1.82, 2.24) is 0 Å². The van der Waals surface area contributed by atoms with Gasteiger partial charge in [0.25, 0.3) is 5.91 Å². The number of hydrogen-bond donors (Lipinski definition) is 2. The van der Waals surface area contributed by atoms with Crippen molar-refractivity contribution in [2.45, 2.75) is 18.9 Å². The molecule has 0 saturated carbocycles. The van der Waals surface area contributed by atoms with E-state index in [9.17, 15) is 4.79 Å². The fourth-order valence-corrected chi connectivity index (χ4v) is 4.11. The van der Waals surface area contributed by atoms with Gasteiger partial charge >= 0.3 is 0 Å². The molecule has 0 aliphatic carbocycles. The van der Waals surface area contributed by atoms with Crippen LogP contribution in [0, 0.1) is 0 Å². The monoisotopic (exact) mass is 409 g/mol. The van der Waals surface area contributed by atoms with Crippen molar-refractivity contribution < 1.29 is 19.2 Å². The van der Waals surface area contributed by atoms with Crippen molar-refractivity contribution >= 4 is 34.8 Å². The third-order valence-electron chi connectivity index (χ3n) is 4.91. The molecule has 2 aromatic carbocycles. The lowest BCUT2D eigenvalue weighted by molar-refractivity contribution is -0.910. The van der Waals surface area contributed by atoms with Gasteiger partial charge in [-0.3, -0.25) is 4.79 Å². The number of carbonyl (C=O) groups excluding carboxylic acids is 1. The SMILES string of the molecule is COc1ccc(OC)c([C@@H]2CCC[NH+]2CC(=O)Nc2c(Cl)cccc2Cl)c1. The summed E-state index contributed by atoms with van der Waals surface area (Å²) in [5.74, 6) is 1.48. The van der Waals surface area contributed by atoms with Crippen LogP contribution >= 0.6 is 23.2 Å². The summed E-state index contributed by atoms with van der Waals surface area (Å²) in [5, 5.41) is 3.71. The van der Waals surface area contributed by atoms with Crippen molar-refractivity contribution in [2.24, 2.45) is 0 Å². The summed E-state index contributed by atoms with van der Waals surface area (Å²) in [4.78, 5) is 13.8. The molecular formula is C20H23Cl2N2O3+. The van der Waals surface area contributed by atoms with Gasteiger partial charge < -0.3 is 19.7 Å². The summed E-state index contributed by atoms with van der Waals surface area (Å²) in [5.41, 5.74) is 1.52. The molecule has 1 saturated heterocycles. The minimum Gasteiger partial charge on any atom is -0.497 e. The van der Waals surface area contributed by atoms with Gasteiger partial charge in [-0.2, -0.15) is 0 Å². The second-order valence-corrected chi connectivity index (χ2v) is 7.35. The number of quaternary nitrogens is 1. The van der Waals surface area contributed by atoms with Gasteiger partial charge in [0.15, 0.2) is 6.54 Å². The van der Waals surface area contributed by atoms with E-state index in [1.807, 2.05) is 18.2 Å².